The molecule has 1 spiro atoms. The number of carbonyl (C=O) groups excluding carboxylic acids is 1. The van der Waals surface area contributed by atoms with Gasteiger partial charge in [0.25, 0.3) is 0 Å². The van der Waals surface area contributed by atoms with Gasteiger partial charge in [-0.05, 0) is 37.8 Å². The summed E-state index contributed by atoms with van der Waals surface area (Å²) in [6, 6.07) is 16.3. The molecule has 2 aliphatic rings. The van der Waals surface area contributed by atoms with E-state index in [2.05, 4.69) is 38.1 Å². The molecular weight excluding hydrogens is 256 g/mol. The average Bonchev–Trinajstić information content (AvgIpc) is 2.82. The van der Waals surface area contributed by atoms with E-state index >= 15 is 0 Å². The van der Waals surface area contributed by atoms with Crippen LogP contribution in [0, 0.1) is 0 Å². The van der Waals surface area contributed by atoms with Gasteiger partial charge in [-0.1, -0.05) is 59.7 Å². The first-order chi connectivity index (χ1) is 10.1. The lowest BCUT2D eigenvalue weighted by Crippen LogP contribution is -2.34. The van der Waals surface area contributed by atoms with E-state index in [1.54, 1.807) is 0 Å². The third-order valence-corrected chi connectivity index (χ3v) is 5.24. The zero-order valence-corrected chi connectivity index (χ0v) is 12.4. The predicted molar refractivity (Wildman–Crippen MR) is 84.7 cm³/mol. The number of carbonyl (C=O) groups is 1. The van der Waals surface area contributed by atoms with Crippen molar-refractivity contribution in [2.24, 2.45) is 0 Å². The van der Waals surface area contributed by atoms with Crippen molar-refractivity contribution in [1.29, 1.82) is 0 Å². The second-order valence-electron chi connectivity index (χ2n) is 6.42. The highest BCUT2D eigenvalue weighted by atomic mass is 16.1. The molecule has 2 aliphatic carbocycles. The van der Waals surface area contributed by atoms with Crippen molar-refractivity contribution in [3.8, 4) is 0 Å². The summed E-state index contributed by atoms with van der Waals surface area (Å²) in [7, 11) is 0. The number of ketones is 1. The highest BCUT2D eigenvalue weighted by Gasteiger charge is 2.46. The van der Waals surface area contributed by atoms with Crippen LogP contribution in [0.1, 0.15) is 53.7 Å². The molecule has 0 aromatic heterocycles. The molecule has 4 rings (SSSR count). The molecule has 104 valence electrons. The molecule has 0 aliphatic heterocycles. The first-order valence-electron chi connectivity index (χ1n) is 7.52. The molecule has 0 fully saturated rings. The Balaban J connectivity index is 2.05. The van der Waals surface area contributed by atoms with Gasteiger partial charge in [-0.25, -0.2) is 0 Å². The molecule has 0 bridgehead atoms. The van der Waals surface area contributed by atoms with E-state index in [0.717, 1.165) is 24.0 Å². The van der Waals surface area contributed by atoms with Crippen molar-refractivity contribution in [2.75, 3.05) is 0 Å². The summed E-state index contributed by atoms with van der Waals surface area (Å²) in [5, 5.41) is 0. The monoisotopic (exact) mass is 274 g/mol. The fourth-order valence-electron chi connectivity index (χ4n) is 4.14. The summed E-state index contributed by atoms with van der Waals surface area (Å²) in [6.45, 7) is 4.46. The molecule has 0 radical (unpaired) electrons. The molecule has 0 N–H and O–H groups in total. The van der Waals surface area contributed by atoms with Gasteiger partial charge in [-0.15, -0.1) is 0 Å². The van der Waals surface area contributed by atoms with Gasteiger partial charge in [-0.3, -0.25) is 4.79 Å². The fourth-order valence-corrected chi connectivity index (χ4v) is 4.14. The van der Waals surface area contributed by atoms with Crippen LogP contribution >= 0.6 is 0 Å². The lowest BCUT2D eigenvalue weighted by atomic mass is 9.64. The van der Waals surface area contributed by atoms with E-state index in [1.165, 1.54) is 22.3 Å². The van der Waals surface area contributed by atoms with Gasteiger partial charge in [0.15, 0.2) is 5.78 Å². The number of hydrogen-bond acceptors (Lipinski definition) is 1. The van der Waals surface area contributed by atoms with Crippen molar-refractivity contribution < 1.29 is 4.79 Å². The molecule has 1 heteroatoms. The first-order valence-corrected chi connectivity index (χ1v) is 7.52. The highest BCUT2D eigenvalue weighted by molar-refractivity contribution is 6.13. The Kier molecular flexibility index (Phi) is 2.50. The lowest BCUT2D eigenvalue weighted by Gasteiger charge is -2.38. The molecule has 1 nitrogen and oxygen atoms in total. The number of hydrogen-bond donors (Lipinski definition) is 0. The van der Waals surface area contributed by atoms with Crippen LogP contribution in [0.2, 0.25) is 0 Å². The molecule has 0 unspecified atom stereocenters. The Morgan fingerprint density at radius 3 is 1.67 bits per heavy atom. The van der Waals surface area contributed by atoms with Crippen LogP contribution in [0.25, 0.3) is 0 Å². The van der Waals surface area contributed by atoms with Gasteiger partial charge in [0.1, 0.15) is 0 Å². The smallest absolute Gasteiger partial charge is 0.193 e. The maximum Gasteiger partial charge on any atom is 0.193 e. The predicted octanol–water partition coefficient (Wildman–Crippen LogP) is 4.65. The van der Waals surface area contributed by atoms with Crippen molar-refractivity contribution in [3.63, 3.8) is 0 Å². The first kappa shape index (κ1) is 12.6. The molecule has 0 heterocycles. The Morgan fingerprint density at radius 1 is 0.762 bits per heavy atom. The standard InChI is InChI=1S/C20H18O/c1-13-11-20(12-14(13)2)17-9-5-3-7-15(17)19(21)16-8-4-6-10-18(16)20/h3-10H,11-12H2,1-2H3. The summed E-state index contributed by atoms with van der Waals surface area (Å²) in [4.78, 5) is 12.8. The minimum Gasteiger partial charge on any atom is -0.289 e. The van der Waals surface area contributed by atoms with Crippen LogP contribution in [0.5, 0.6) is 0 Å². The van der Waals surface area contributed by atoms with Crippen LogP contribution in [0.4, 0.5) is 0 Å². The SMILES string of the molecule is CC1=C(C)CC2(C1)c1ccccc1C(=O)c1ccccc12. The van der Waals surface area contributed by atoms with Crippen LogP contribution < -0.4 is 0 Å². The third-order valence-electron chi connectivity index (χ3n) is 5.24. The highest BCUT2D eigenvalue weighted by Crippen LogP contribution is 2.53. The fraction of sp³-hybridized carbons (Fsp3) is 0.250. The quantitative estimate of drug-likeness (QED) is 0.639. The van der Waals surface area contributed by atoms with E-state index in [0.29, 0.717) is 0 Å². The second kappa shape index (κ2) is 4.17. The lowest BCUT2D eigenvalue weighted by molar-refractivity contribution is 0.103. The molecule has 2 aromatic carbocycles. The Hall–Kier alpha value is -2.15. The summed E-state index contributed by atoms with van der Waals surface area (Å²) >= 11 is 0. The van der Waals surface area contributed by atoms with E-state index in [4.69, 9.17) is 0 Å². The summed E-state index contributed by atoms with van der Waals surface area (Å²) in [6.07, 6.45) is 2.06. The third kappa shape index (κ3) is 1.55. The van der Waals surface area contributed by atoms with Gasteiger partial charge >= 0.3 is 0 Å². The molecular formula is C20H18O. The van der Waals surface area contributed by atoms with Crippen molar-refractivity contribution in [1.82, 2.24) is 0 Å². The maximum absolute atomic E-state index is 12.8. The van der Waals surface area contributed by atoms with E-state index in [1.807, 2.05) is 24.3 Å². The number of allylic oxidation sites excluding steroid dienone is 2. The van der Waals surface area contributed by atoms with E-state index in [9.17, 15) is 4.79 Å². The van der Waals surface area contributed by atoms with Gasteiger partial charge in [0, 0.05) is 16.5 Å². The van der Waals surface area contributed by atoms with E-state index < -0.39 is 0 Å². The normalized spacial score (nSPS) is 18.9. The molecule has 2 aromatic rings. The van der Waals surface area contributed by atoms with Gasteiger partial charge in [-0.2, -0.15) is 0 Å². The largest absolute Gasteiger partial charge is 0.289 e. The topological polar surface area (TPSA) is 17.1 Å². The van der Waals surface area contributed by atoms with Gasteiger partial charge in [0.2, 0.25) is 0 Å². The summed E-state index contributed by atoms with van der Waals surface area (Å²) in [5.41, 5.74) is 7.10. The minimum absolute atomic E-state index is 0.0325. The average molecular weight is 274 g/mol. The van der Waals surface area contributed by atoms with Gasteiger partial charge in [0.05, 0.1) is 0 Å². The van der Waals surface area contributed by atoms with Gasteiger partial charge < -0.3 is 0 Å². The summed E-state index contributed by atoms with van der Waals surface area (Å²) < 4.78 is 0. The van der Waals surface area contributed by atoms with Crippen LogP contribution in [0.3, 0.4) is 0 Å². The van der Waals surface area contributed by atoms with Crippen LogP contribution in [-0.2, 0) is 5.41 Å². The molecule has 0 atom stereocenters. The zero-order chi connectivity index (χ0) is 14.6. The number of benzene rings is 2. The van der Waals surface area contributed by atoms with E-state index in [-0.39, 0.29) is 11.2 Å². The van der Waals surface area contributed by atoms with Crippen molar-refractivity contribution in [3.05, 3.63) is 81.9 Å². The molecule has 0 saturated carbocycles. The maximum atomic E-state index is 12.8. The molecule has 21 heavy (non-hydrogen) atoms. The summed E-state index contributed by atoms with van der Waals surface area (Å²) in [5.74, 6) is 0.175. The second-order valence-corrected chi connectivity index (χ2v) is 6.42. The van der Waals surface area contributed by atoms with Crippen molar-refractivity contribution >= 4 is 5.78 Å². The zero-order valence-electron chi connectivity index (χ0n) is 12.4. The van der Waals surface area contributed by atoms with Crippen LogP contribution in [0.15, 0.2) is 59.7 Å². The van der Waals surface area contributed by atoms with Crippen LogP contribution in [-0.4, -0.2) is 5.78 Å². The Morgan fingerprint density at radius 2 is 1.19 bits per heavy atom. The Labute approximate surface area is 125 Å². The minimum atomic E-state index is -0.0325. The molecule has 0 saturated heterocycles. The van der Waals surface area contributed by atoms with Crippen molar-refractivity contribution in [2.45, 2.75) is 32.1 Å². The number of fused-ring (bicyclic) bond motifs is 4. The number of rotatable bonds is 0. The Bertz CT molecular complexity index is 729. The molecule has 0 amide bonds.